The third-order valence-corrected chi connectivity index (χ3v) is 4.92. The standard InChI is InChI=1S/C17H22N2O5/c1-9-6-14(19-24-9)18-16(21)10(2)23-17(22)13-7-11-4-3-5-12(8-13)15(11)20/h6,10-13H,3-5,7-8H2,1-2H3,(H,18,19,21)/t10-,11-,12+,13?/m0/s1. The Morgan fingerprint density at radius 3 is 2.58 bits per heavy atom. The topological polar surface area (TPSA) is 98.5 Å². The first-order valence-electron chi connectivity index (χ1n) is 8.42. The highest BCUT2D eigenvalue weighted by Gasteiger charge is 2.42. The van der Waals surface area contributed by atoms with Gasteiger partial charge in [-0.25, -0.2) is 0 Å². The van der Waals surface area contributed by atoms with Crippen LogP contribution in [-0.2, 0) is 19.1 Å². The maximum atomic E-state index is 12.4. The largest absolute Gasteiger partial charge is 0.452 e. The number of ether oxygens (including phenoxy) is 1. The number of esters is 1. The van der Waals surface area contributed by atoms with Gasteiger partial charge >= 0.3 is 5.97 Å². The van der Waals surface area contributed by atoms with Crippen LogP contribution in [0.1, 0.15) is 44.8 Å². The minimum absolute atomic E-state index is 0.0164. The number of aryl methyl sites for hydroxylation is 1. The molecule has 0 aromatic carbocycles. The highest BCUT2D eigenvalue weighted by atomic mass is 16.5. The average molecular weight is 334 g/mol. The van der Waals surface area contributed by atoms with Crippen LogP contribution in [0.2, 0.25) is 0 Å². The summed E-state index contributed by atoms with van der Waals surface area (Å²) in [6.07, 6.45) is 2.95. The molecule has 1 N–H and O–H groups in total. The fourth-order valence-corrected chi connectivity index (χ4v) is 3.65. The Labute approximate surface area is 140 Å². The fourth-order valence-electron chi connectivity index (χ4n) is 3.65. The van der Waals surface area contributed by atoms with Crippen molar-refractivity contribution in [2.75, 3.05) is 5.32 Å². The summed E-state index contributed by atoms with van der Waals surface area (Å²) in [6, 6.07) is 1.58. The van der Waals surface area contributed by atoms with Crippen LogP contribution in [-0.4, -0.2) is 28.9 Å². The number of hydrogen-bond acceptors (Lipinski definition) is 6. The van der Waals surface area contributed by atoms with Gasteiger partial charge in [0.1, 0.15) is 11.5 Å². The SMILES string of the molecule is Cc1cc(NC(=O)[C@H](C)OC(=O)C2C[C@H]3CCC[C@@H](C2)C3=O)no1. The molecule has 0 spiro atoms. The van der Waals surface area contributed by atoms with Crippen LogP contribution in [0.25, 0.3) is 0 Å². The molecule has 3 rings (SSSR count). The van der Waals surface area contributed by atoms with Crippen molar-refractivity contribution in [3.63, 3.8) is 0 Å². The van der Waals surface area contributed by atoms with Crippen LogP contribution in [0.3, 0.4) is 0 Å². The van der Waals surface area contributed by atoms with Crippen LogP contribution in [0.5, 0.6) is 0 Å². The lowest BCUT2D eigenvalue weighted by Crippen LogP contribution is -2.41. The van der Waals surface area contributed by atoms with E-state index in [1.165, 1.54) is 6.92 Å². The number of aromatic nitrogens is 1. The number of nitrogens with zero attached hydrogens (tertiary/aromatic N) is 1. The van der Waals surface area contributed by atoms with Crippen molar-refractivity contribution in [2.24, 2.45) is 17.8 Å². The van der Waals surface area contributed by atoms with Crippen molar-refractivity contribution in [1.29, 1.82) is 0 Å². The lowest BCUT2D eigenvalue weighted by Gasteiger charge is -2.36. The molecule has 0 saturated heterocycles. The molecule has 1 aromatic heterocycles. The molecule has 1 amide bonds. The van der Waals surface area contributed by atoms with Crippen molar-refractivity contribution in [3.8, 4) is 0 Å². The lowest BCUT2D eigenvalue weighted by molar-refractivity contribution is -0.161. The third-order valence-electron chi connectivity index (χ3n) is 4.92. The third kappa shape index (κ3) is 3.49. The minimum Gasteiger partial charge on any atom is -0.452 e. The first-order chi connectivity index (χ1) is 11.4. The van der Waals surface area contributed by atoms with Crippen LogP contribution >= 0.6 is 0 Å². The molecule has 2 saturated carbocycles. The van der Waals surface area contributed by atoms with E-state index in [0.29, 0.717) is 24.4 Å². The number of Topliss-reactive ketones (excluding diaryl/α,β-unsaturated/α-hetero) is 1. The first-order valence-corrected chi connectivity index (χ1v) is 8.42. The summed E-state index contributed by atoms with van der Waals surface area (Å²) >= 11 is 0. The van der Waals surface area contributed by atoms with Gasteiger partial charge in [0, 0.05) is 17.9 Å². The molecule has 0 aliphatic heterocycles. The molecule has 2 fully saturated rings. The summed E-state index contributed by atoms with van der Waals surface area (Å²) < 4.78 is 10.2. The van der Waals surface area contributed by atoms with Crippen molar-refractivity contribution < 1.29 is 23.6 Å². The molecule has 24 heavy (non-hydrogen) atoms. The maximum Gasteiger partial charge on any atom is 0.309 e. The van der Waals surface area contributed by atoms with Crippen LogP contribution in [0.15, 0.2) is 10.6 Å². The van der Waals surface area contributed by atoms with Crippen LogP contribution < -0.4 is 5.32 Å². The highest BCUT2D eigenvalue weighted by molar-refractivity contribution is 5.94. The van der Waals surface area contributed by atoms with E-state index in [0.717, 1.165) is 19.3 Å². The Hall–Kier alpha value is -2.18. The number of hydrogen-bond donors (Lipinski definition) is 1. The second-order valence-electron chi connectivity index (χ2n) is 6.79. The number of amides is 1. The van der Waals surface area contributed by atoms with E-state index in [1.54, 1.807) is 13.0 Å². The summed E-state index contributed by atoms with van der Waals surface area (Å²) in [4.78, 5) is 36.5. The zero-order valence-corrected chi connectivity index (χ0v) is 13.9. The number of ketones is 1. The monoisotopic (exact) mass is 334 g/mol. The van der Waals surface area contributed by atoms with E-state index in [-0.39, 0.29) is 23.6 Å². The van der Waals surface area contributed by atoms with Gasteiger partial charge in [-0.3, -0.25) is 14.4 Å². The van der Waals surface area contributed by atoms with Crippen molar-refractivity contribution in [2.45, 2.75) is 52.1 Å². The van der Waals surface area contributed by atoms with Crippen LogP contribution in [0.4, 0.5) is 5.82 Å². The van der Waals surface area contributed by atoms with Gasteiger partial charge in [-0.1, -0.05) is 11.6 Å². The molecule has 2 bridgehead atoms. The Morgan fingerprint density at radius 1 is 1.33 bits per heavy atom. The Morgan fingerprint density at radius 2 is 2.00 bits per heavy atom. The van der Waals surface area contributed by atoms with Crippen molar-refractivity contribution in [1.82, 2.24) is 5.16 Å². The van der Waals surface area contributed by atoms with E-state index in [4.69, 9.17) is 9.26 Å². The fraction of sp³-hybridized carbons (Fsp3) is 0.647. The maximum absolute atomic E-state index is 12.4. The Kier molecular flexibility index (Phi) is 4.69. The quantitative estimate of drug-likeness (QED) is 0.848. The molecule has 2 aliphatic carbocycles. The summed E-state index contributed by atoms with van der Waals surface area (Å²) in [5, 5.41) is 6.21. The second-order valence-corrected chi connectivity index (χ2v) is 6.79. The predicted molar refractivity (Wildman–Crippen MR) is 84.0 cm³/mol. The molecule has 1 aromatic rings. The second kappa shape index (κ2) is 6.75. The number of fused-ring (bicyclic) bond motifs is 2. The smallest absolute Gasteiger partial charge is 0.309 e. The number of nitrogens with one attached hydrogen (secondary N) is 1. The summed E-state index contributed by atoms with van der Waals surface area (Å²) in [5.74, 6) is 0.00304. The van der Waals surface area contributed by atoms with Gasteiger partial charge in [0.2, 0.25) is 0 Å². The number of carbonyl (C=O) groups excluding carboxylic acids is 3. The highest BCUT2D eigenvalue weighted by Crippen LogP contribution is 2.40. The number of anilines is 1. The van der Waals surface area contributed by atoms with Gasteiger partial charge in [-0.15, -0.1) is 0 Å². The molecule has 7 nitrogen and oxygen atoms in total. The predicted octanol–water partition coefficient (Wildman–Crippen LogP) is 2.25. The van der Waals surface area contributed by atoms with Gasteiger partial charge in [-0.05, 0) is 39.5 Å². The minimum atomic E-state index is -0.924. The van der Waals surface area contributed by atoms with E-state index >= 15 is 0 Å². The van der Waals surface area contributed by atoms with Gasteiger partial charge in [0.15, 0.2) is 11.9 Å². The molecule has 4 atom stereocenters. The average Bonchev–Trinajstić information content (AvgIpc) is 2.91. The van der Waals surface area contributed by atoms with Gasteiger partial charge in [0.05, 0.1) is 5.92 Å². The summed E-state index contributed by atoms with van der Waals surface area (Å²) in [5.41, 5.74) is 0. The Balaban J connectivity index is 1.54. The van der Waals surface area contributed by atoms with E-state index in [9.17, 15) is 14.4 Å². The van der Waals surface area contributed by atoms with E-state index in [1.807, 2.05) is 0 Å². The van der Waals surface area contributed by atoms with Gasteiger partial charge in [0.25, 0.3) is 5.91 Å². The Bertz CT molecular complexity index is 637. The van der Waals surface area contributed by atoms with Gasteiger partial charge < -0.3 is 14.6 Å². The summed E-state index contributed by atoms with van der Waals surface area (Å²) in [6.45, 7) is 3.24. The van der Waals surface area contributed by atoms with Gasteiger partial charge in [-0.2, -0.15) is 0 Å². The zero-order valence-electron chi connectivity index (χ0n) is 13.9. The molecule has 2 aliphatic rings. The molecule has 0 radical (unpaired) electrons. The number of rotatable bonds is 4. The zero-order chi connectivity index (χ0) is 17.3. The molecule has 1 heterocycles. The van der Waals surface area contributed by atoms with E-state index in [2.05, 4.69) is 10.5 Å². The first kappa shape index (κ1) is 16.7. The molecule has 130 valence electrons. The van der Waals surface area contributed by atoms with Crippen molar-refractivity contribution >= 4 is 23.5 Å². The van der Waals surface area contributed by atoms with Crippen molar-refractivity contribution in [3.05, 3.63) is 11.8 Å². The number of carbonyl (C=O) groups is 3. The normalized spacial score (nSPS) is 27.4. The lowest BCUT2D eigenvalue weighted by atomic mass is 9.67. The molecule has 1 unspecified atom stereocenters. The molecular weight excluding hydrogens is 312 g/mol. The van der Waals surface area contributed by atoms with Crippen LogP contribution in [0, 0.1) is 24.7 Å². The molecule has 7 heteroatoms. The summed E-state index contributed by atoms with van der Waals surface area (Å²) in [7, 11) is 0. The van der Waals surface area contributed by atoms with E-state index < -0.39 is 18.0 Å². The molecular formula is C17H22N2O5.